The Hall–Kier alpha value is -1.07. The average Bonchev–Trinajstić information content (AvgIpc) is 2.13. The van der Waals surface area contributed by atoms with Gasteiger partial charge in [0.1, 0.15) is 0 Å². The number of hydrogen-bond donors (Lipinski definition) is 0. The molecule has 91 valence electrons. The molecule has 0 aliphatic heterocycles. The molecule has 2 heteroatoms. The monoisotopic (exact) mass is 253 g/mol. The van der Waals surface area contributed by atoms with Crippen LogP contribution < -0.4 is 10.6 Å². The van der Waals surface area contributed by atoms with Crippen molar-refractivity contribution in [1.29, 1.82) is 0 Å². The van der Waals surface area contributed by atoms with E-state index < -0.39 is 0 Å². The Morgan fingerprint density at radius 1 is 0.556 bits per heavy atom. The molecule has 2 aromatic rings. The van der Waals surface area contributed by atoms with Gasteiger partial charge < -0.3 is 0 Å². The van der Waals surface area contributed by atoms with Crippen molar-refractivity contribution < 1.29 is 0 Å². The molecule has 18 heavy (non-hydrogen) atoms. The first-order chi connectivity index (χ1) is 8.02. The second-order valence-electron chi connectivity index (χ2n) is 4.88. The third-order valence-electron chi connectivity index (χ3n) is 2.73. The molecule has 0 saturated heterocycles. The molecule has 0 saturated carbocycles. The van der Waals surface area contributed by atoms with Gasteiger partial charge in [0.05, 0.1) is 0 Å². The Kier molecular flexibility index (Phi) is 5.17. The summed E-state index contributed by atoms with van der Waals surface area (Å²) in [6.45, 7) is 8.68. The minimum absolute atomic E-state index is 0. The third-order valence-corrected chi connectivity index (χ3v) is 3.89. The predicted molar refractivity (Wildman–Crippen MR) is 85.2 cm³/mol. The molecule has 0 fully saturated rings. The molecule has 0 bridgehead atoms. The quantitative estimate of drug-likeness (QED) is 0.569. The van der Waals surface area contributed by atoms with Crippen molar-refractivity contribution in [3.05, 3.63) is 58.7 Å². The topological polar surface area (TPSA) is 0 Å². The van der Waals surface area contributed by atoms with E-state index in [9.17, 15) is 0 Å². The second-order valence-corrected chi connectivity index (χ2v) is 6.28. The van der Waals surface area contributed by atoms with Gasteiger partial charge in [-0.1, -0.05) is 67.2 Å². The molecular weight excluding hydrogens is 234 g/mol. The van der Waals surface area contributed by atoms with Crippen LogP contribution in [0.5, 0.6) is 0 Å². The smallest absolute Gasteiger partial charge is 0 e. The molecule has 0 atom stereocenters. The van der Waals surface area contributed by atoms with E-state index in [2.05, 4.69) is 64.1 Å². The highest BCUT2D eigenvalue weighted by molar-refractivity contribution is 7.55. The van der Waals surface area contributed by atoms with E-state index in [0.29, 0.717) is 0 Å². The van der Waals surface area contributed by atoms with Gasteiger partial charge in [0.25, 0.3) is 0 Å². The largest absolute Gasteiger partial charge is 0.0591 e. The van der Waals surface area contributed by atoms with E-state index in [0.717, 1.165) is 8.58 Å². The summed E-state index contributed by atoms with van der Waals surface area (Å²) in [4.78, 5) is 0. The molecule has 2 aromatic carbocycles. The average molecular weight is 253 g/mol. The Balaban J connectivity index is 0.00000162. The maximum Gasteiger partial charge on any atom is 0 e. The van der Waals surface area contributed by atoms with Crippen molar-refractivity contribution in [2.45, 2.75) is 27.7 Å². The maximum atomic E-state index is 2.29. The predicted octanol–water partition coefficient (Wildman–Crippen LogP) is 3.17. The highest BCUT2D eigenvalue weighted by atomic mass is 31.1. The van der Waals surface area contributed by atoms with Gasteiger partial charge in [-0.25, -0.2) is 0 Å². The Morgan fingerprint density at radius 3 is 1.11 bits per heavy atom. The van der Waals surface area contributed by atoms with Crippen LogP contribution in [0, 0.1) is 27.7 Å². The molecule has 0 heterocycles. The van der Waals surface area contributed by atoms with Crippen molar-refractivity contribution in [3.63, 3.8) is 0 Å². The summed E-state index contributed by atoms with van der Waals surface area (Å²) in [7, 11) is 0.762. The maximum absolute atomic E-state index is 2.29. The summed E-state index contributed by atoms with van der Waals surface area (Å²) in [5.74, 6) is 0. The summed E-state index contributed by atoms with van der Waals surface area (Å²) in [5, 5.41) is 2.88. The van der Waals surface area contributed by atoms with Crippen molar-refractivity contribution in [2.75, 3.05) is 0 Å². The van der Waals surface area contributed by atoms with Crippen LogP contribution in [-0.4, -0.2) is 8.41 Å². The lowest BCUT2D eigenvalue weighted by molar-refractivity contribution is 1.40. The van der Waals surface area contributed by atoms with Crippen LogP contribution in [-0.2, 0) is 0 Å². The van der Waals surface area contributed by atoms with Crippen LogP contribution >= 0.6 is 8.58 Å². The standard InChI is InChI=1S/C16H19P.B/c1-11-5-12(2)8-15(7-11)17-16-9-13(3)6-14(4)10-16;/h5-10,17H,1-4H3;. The zero-order chi connectivity index (χ0) is 12.4. The summed E-state index contributed by atoms with van der Waals surface area (Å²) < 4.78 is 0. The zero-order valence-corrected chi connectivity index (χ0v) is 12.5. The van der Waals surface area contributed by atoms with E-state index in [-0.39, 0.29) is 8.41 Å². The summed E-state index contributed by atoms with van der Waals surface area (Å²) in [5.41, 5.74) is 5.43. The Labute approximate surface area is 114 Å². The third kappa shape index (κ3) is 4.00. The molecule has 0 aliphatic rings. The van der Waals surface area contributed by atoms with Crippen LogP contribution in [0.15, 0.2) is 36.4 Å². The van der Waals surface area contributed by atoms with Crippen LogP contribution in [0.1, 0.15) is 22.3 Å². The van der Waals surface area contributed by atoms with Crippen LogP contribution in [0.3, 0.4) is 0 Å². The van der Waals surface area contributed by atoms with E-state index in [4.69, 9.17) is 0 Å². The normalized spacial score (nSPS) is 10.0. The molecule has 0 N–H and O–H groups in total. The van der Waals surface area contributed by atoms with Gasteiger partial charge in [0.2, 0.25) is 0 Å². The van der Waals surface area contributed by atoms with E-state index >= 15 is 0 Å². The van der Waals surface area contributed by atoms with Gasteiger partial charge >= 0.3 is 0 Å². The van der Waals surface area contributed by atoms with Crippen LogP contribution in [0.4, 0.5) is 0 Å². The molecule has 0 nitrogen and oxygen atoms in total. The molecule has 0 unspecified atom stereocenters. The SMILES string of the molecule is Cc1cc(C)cc(Pc2cc(C)cc(C)c2)c1.[B]. The fourth-order valence-corrected chi connectivity index (χ4v) is 3.79. The highest BCUT2D eigenvalue weighted by Crippen LogP contribution is 2.15. The minimum Gasteiger partial charge on any atom is -0.0591 e. The number of benzene rings is 2. The van der Waals surface area contributed by atoms with Crippen LogP contribution in [0.2, 0.25) is 0 Å². The van der Waals surface area contributed by atoms with Crippen molar-refractivity contribution in [2.24, 2.45) is 0 Å². The molecule has 0 spiro atoms. The summed E-state index contributed by atoms with van der Waals surface area (Å²) in [6, 6.07) is 13.6. The first-order valence-electron chi connectivity index (χ1n) is 5.96. The first kappa shape index (κ1) is 15.0. The van der Waals surface area contributed by atoms with Crippen LogP contribution in [0.25, 0.3) is 0 Å². The lowest BCUT2D eigenvalue weighted by Crippen LogP contribution is -2.05. The molecule has 0 aliphatic carbocycles. The van der Waals surface area contributed by atoms with E-state index in [1.54, 1.807) is 0 Å². The lowest BCUT2D eigenvalue weighted by atomic mass is 10.2. The van der Waals surface area contributed by atoms with Gasteiger partial charge in [-0.2, -0.15) is 0 Å². The van der Waals surface area contributed by atoms with E-state index in [1.165, 1.54) is 32.9 Å². The molecule has 2 rings (SSSR count). The Morgan fingerprint density at radius 2 is 0.833 bits per heavy atom. The fraction of sp³-hybridized carbons (Fsp3) is 0.250. The number of hydrogen-bond acceptors (Lipinski definition) is 0. The fourth-order valence-electron chi connectivity index (χ4n) is 2.26. The zero-order valence-electron chi connectivity index (χ0n) is 11.5. The molecule has 0 aromatic heterocycles. The lowest BCUT2D eigenvalue weighted by Gasteiger charge is -2.07. The summed E-state index contributed by atoms with van der Waals surface area (Å²) in [6.07, 6.45) is 0. The summed E-state index contributed by atoms with van der Waals surface area (Å²) >= 11 is 0. The molecular formula is C16H19BP. The minimum atomic E-state index is 0. The van der Waals surface area contributed by atoms with Crippen molar-refractivity contribution >= 4 is 27.6 Å². The van der Waals surface area contributed by atoms with Gasteiger partial charge in [-0.15, -0.1) is 0 Å². The second kappa shape index (κ2) is 6.20. The molecule has 0 amide bonds. The van der Waals surface area contributed by atoms with Gasteiger partial charge in [-0.05, 0) is 38.3 Å². The highest BCUT2D eigenvalue weighted by Gasteiger charge is 2.00. The van der Waals surface area contributed by atoms with Gasteiger partial charge in [0, 0.05) is 8.41 Å². The van der Waals surface area contributed by atoms with E-state index in [1.807, 2.05) is 0 Å². The van der Waals surface area contributed by atoms with Gasteiger partial charge in [-0.3, -0.25) is 0 Å². The van der Waals surface area contributed by atoms with Crippen molar-refractivity contribution in [3.8, 4) is 0 Å². The van der Waals surface area contributed by atoms with Crippen molar-refractivity contribution in [1.82, 2.24) is 0 Å². The number of rotatable bonds is 2. The van der Waals surface area contributed by atoms with Gasteiger partial charge in [0.15, 0.2) is 0 Å². The Bertz CT molecular complexity index is 457. The first-order valence-corrected chi connectivity index (χ1v) is 6.96. The molecule has 3 radical (unpaired) electrons. The number of aryl methyl sites for hydroxylation is 4.